The lowest BCUT2D eigenvalue weighted by Gasteiger charge is -2.21. The van der Waals surface area contributed by atoms with Gasteiger partial charge in [0, 0.05) is 13.0 Å². The van der Waals surface area contributed by atoms with E-state index in [9.17, 15) is 9.59 Å². The van der Waals surface area contributed by atoms with Crippen LogP contribution in [0.2, 0.25) is 0 Å². The number of benzene rings is 1. The maximum Gasteiger partial charge on any atom is 0.318 e. The molecule has 27 heavy (non-hydrogen) atoms. The lowest BCUT2D eigenvalue weighted by molar-refractivity contribution is -0.121. The molecule has 0 spiro atoms. The number of urea groups is 1. The van der Waals surface area contributed by atoms with Crippen LogP contribution in [0.4, 0.5) is 4.79 Å². The van der Waals surface area contributed by atoms with Crippen LogP contribution in [0.1, 0.15) is 38.2 Å². The molecule has 1 atom stereocenters. The third-order valence-corrected chi connectivity index (χ3v) is 4.39. The van der Waals surface area contributed by atoms with Crippen molar-refractivity contribution >= 4 is 17.6 Å². The second-order valence-corrected chi connectivity index (χ2v) is 6.47. The van der Waals surface area contributed by atoms with E-state index >= 15 is 0 Å². The van der Waals surface area contributed by atoms with Gasteiger partial charge in [0.25, 0.3) is 0 Å². The first kappa shape index (κ1) is 20.5. The topological polar surface area (TPSA) is 106 Å². The molecule has 0 aliphatic carbocycles. The van der Waals surface area contributed by atoms with Crippen molar-refractivity contribution in [1.82, 2.24) is 10.2 Å². The molecule has 1 aliphatic rings. The van der Waals surface area contributed by atoms with Gasteiger partial charge in [0.2, 0.25) is 5.91 Å². The number of hydrogen-bond acceptors (Lipinski definition) is 5. The number of likely N-dealkylation sites (tertiary alicyclic amines) is 1. The molecule has 1 unspecified atom stereocenters. The summed E-state index contributed by atoms with van der Waals surface area (Å²) in [4.78, 5) is 30.8. The van der Waals surface area contributed by atoms with E-state index < -0.39 is 11.9 Å². The molecule has 0 bridgehead atoms. The van der Waals surface area contributed by atoms with Gasteiger partial charge in [-0.1, -0.05) is 37.1 Å². The molecule has 3 amide bonds. The molecule has 1 aromatic carbocycles. The van der Waals surface area contributed by atoms with Gasteiger partial charge in [-0.25, -0.2) is 4.79 Å². The van der Waals surface area contributed by atoms with Gasteiger partial charge >= 0.3 is 6.03 Å². The number of rotatable bonds is 9. The summed E-state index contributed by atoms with van der Waals surface area (Å²) in [5.41, 5.74) is 7.00. The molecule has 3 N–H and O–H groups in total. The molecule has 0 radical (unpaired) electrons. The molecule has 1 fully saturated rings. The summed E-state index contributed by atoms with van der Waals surface area (Å²) in [5.74, 6) is 0.227. The van der Waals surface area contributed by atoms with Crippen molar-refractivity contribution < 1.29 is 19.2 Å². The van der Waals surface area contributed by atoms with Crippen molar-refractivity contribution in [2.24, 2.45) is 10.9 Å². The number of nitrogens with zero attached hydrogens (tertiary/aromatic N) is 2. The molecule has 8 heteroatoms. The highest BCUT2D eigenvalue weighted by Gasteiger charge is 2.36. The normalized spacial score (nSPS) is 17.8. The van der Waals surface area contributed by atoms with Gasteiger partial charge in [0.05, 0.1) is 19.4 Å². The van der Waals surface area contributed by atoms with Crippen molar-refractivity contribution in [3.63, 3.8) is 0 Å². The predicted octanol–water partition coefficient (Wildman–Crippen LogP) is 2.03. The number of carbonyl (C=O) groups is 2. The van der Waals surface area contributed by atoms with Crippen LogP contribution < -0.4 is 15.8 Å². The largest absolute Gasteiger partial charge is 0.497 e. The molecule has 8 nitrogen and oxygen atoms in total. The molecule has 1 aromatic rings. The number of nitrogens with two attached hydrogens (primary N) is 1. The second kappa shape index (κ2) is 10.4. The van der Waals surface area contributed by atoms with Crippen molar-refractivity contribution in [2.75, 3.05) is 20.2 Å². The molecule has 148 valence electrons. The number of primary amides is 1. The number of carbonyl (C=O) groups excluding carboxylic acids is 2. The van der Waals surface area contributed by atoms with Crippen LogP contribution in [0.3, 0.4) is 0 Å². The average molecular weight is 376 g/mol. The SMILES string of the molecule is CCCCCNC(=O)N1CC(=NOCc2ccc(OC)cc2)CC1C(N)=O. The van der Waals surface area contributed by atoms with E-state index in [0.717, 1.165) is 30.6 Å². The second-order valence-electron chi connectivity index (χ2n) is 6.47. The minimum Gasteiger partial charge on any atom is -0.497 e. The molecule has 0 aromatic heterocycles. The fraction of sp³-hybridized carbons (Fsp3) is 0.526. The number of nitrogens with one attached hydrogen (secondary N) is 1. The van der Waals surface area contributed by atoms with E-state index in [2.05, 4.69) is 17.4 Å². The Morgan fingerprint density at radius 2 is 2.04 bits per heavy atom. The van der Waals surface area contributed by atoms with Crippen molar-refractivity contribution in [3.8, 4) is 5.75 Å². The van der Waals surface area contributed by atoms with Crippen molar-refractivity contribution in [1.29, 1.82) is 0 Å². The summed E-state index contributed by atoms with van der Waals surface area (Å²) in [5, 5.41) is 6.92. The molecule has 2 rings (SSSR count). The zero-order valence-electron chi connectivity index (χ0n) is 15.9. The zero-order valence-corrected chi connectivity index (χ0v) is 15.9. The minimum absolute atomic E-state index is 0.232. The first-order valence-corrected chi connectivity index (χ1v) is 9.19. The molecule has 1 aliphatic heterocycles. The Kier molecular flexibility index (Phi) is 7.91. The van der Waals surface area contributed by atoms with Crippen molar-refractivity contribution in [2.45, 2.75) is 45.3 Å². The highest BCUT2D eigenvalue weighted by molar-refractivity contribution is 6.00. The van der Waals surface area contributed by atoms with E-state index in [1.165, 1.54) is 4.90 Å². The monoisotopic (exact) mass is 376 g/mol. The molecule has 0 saturated carbocycles. The summed E-state index contributed by atoms with van der Waals surface area (Å²) in [7, 11) is 1.61. The number of unbranched alkanes of at least 4 members (excludes halogenated alkanes) is 2. The average Bonchev–Trinajstić information content (AvgIpc) is 3.10. The van der Waals surface area contributed by atoms with Crippen LogP contribution in [0, 0.1) is 0 Å². The van der Waals surface area contributed by atoms with E-state index in [0.29, 0.717) is 18.7 Å². The number of ether oxygens (including phenoxy) is 1. The maximum absolute atomic E-state index is 12.3. The van der Waals surface area contributed by atoms with Crippen LogP contribution in [0.15, 0.2) is 29.4 Å². The number of oxime groups is 1. The fourth-order valence-electron chi connectivity index (χ4n) is 2.83. The Balaban J connectivity index is 1.88. The van der Waals surface area contributed by atoms with Gasteiger partial charge in [-0.05, 0) is 24.1 Å². The summed E-state index contributed by atoms with van der Waals surface area (Å²) < 4.78 is 5.11. The molecular formula is C19H28N4O4. The standard InChI is InChI=1S/C19H28N4O4/c1-3-4-5-10-21-19(25)23-12-15(11-17(23)18(20)24)22-27-13-14-6-8-16(26-2)9-7-14/h6-9,17H,3-5,10-13H2,1-2H3,(H2,20,24)(H,21,25). The zero-order chi connectivity index (χ0) is 19.6. The Hall–Kier alpha value is -2.77. The van der Waals surface area contributed by atoms with Crippen LogP contribution in [-0.4, -0.2) is 48.8 Å². The van der Waals surface area contributed by atoms with Gasteiger partial charge in [-0.2, -0.15) is 0 Å². The van der Waals surface area contributed by atoms with Gasteiger partial charge in [-0.3, -0.25) is 4.79 Å². The van der Waals surface area contributed by atoms with Gasteiger partial charge in [-0.15, -0.1) is 0 Å². The Morgan fingerprint density at radius 1 is 1.30 bits per heavy atom. The summed E-state index contributed by atoms with van der Waals surface area (Å²) in [6, 6.07) is 6.46. The third kappa shape index (κ3) is 6.16. The highest BCUT2D eigenvalue weighted by atomic mass is 16.6. The number of methoxy groups -OCH3 is 1. The van der Waals surface area contributed by atoms with E-state index in [1.807, 2.05) is 24.3 Å². The van der Waals surface area contributed by atoms with Gasteiger partial charge < -0.3 is 25.5 Å². The highest BCUT2D eigenvalue weighted by Crippen LogP contribution is 2.17. The number of hydrogen-bond donors (Lipinski definition) is 2. The summed E-state index contributed by atoms with van der Waals surface area (Å²) >= 11 is 0. The molecular weight excluding hydrogens is 348 g/mol. The van der Waals surface area contributed by atoms with E-state index in [-0.39, 0.29) is 19.2 Å². The van der Waals surface area contributed by atoms with E-state index in [4.69, 9.17) is 15.3 Å². The van der Waals surface area contributed by atoms with Gasteiger partial charge in [0.1, 0.15) is 18.4 Å². The fourth-order valence-corrected chi connectivity index (χ4v) is 2.83. The Morgan fingerprint density at radius 3 is 2.67 bits per heavy atom. The Bertz CT molecular complexity index is 660. The lowest BCUT2D eigenvalue weighted by Crippen LogP contribution is -2.48. The van der Waals surface area contributed by atoms with Crippen LogP contribution in [0.25, 0.3) is 0 Å². The van der Waals surface area contributed by atoms with Crippen LogP contribution in [-0.2, 0) is 16.2 Å². The minimum atomic E-state index is -0.695. The Labute approximate surface area is 159 Å². The van der Waals surface area contributed by atoms with Crippen LogP contribution in [0.5, 0.6) is 5.75 Å². The van der Waals surface area contributed by atoms with E-state index in [1.54, 1.807) is 7.11 Å². The third-order valence-electron chi connectivity index (χ3n) is 4.39. The van der Waals surface area contributed by atoms with Crippen molar-refractivity contribution in [3.05, 3.63) is 29.8 Å². The first-order valence-electron chi connectivity index (χ1n) is 9.19. The predicted molar refractivity (Wildman–Crippen MR) is 102 cm³/mol. The van der Waals surface area contributed by atoms with Crippen LogP contribution >= 0.6 is 0 Å². The summed E-state index contributed by atoms with van der Waals surface area (Å²) in [6.45, 7) is 3.20. The summed E-state index contributed by atoms with van der Waals surface area (Å²) in [6.07, 6.45) is 3.32. The van der Waals surface area contributed by atoms with Gasteiger partial charge in [0.15, 0.2) is 0 Å². The smallest absolute Gasteiger partial charge is 0.318 e. The maximum atomic E-state index is 12.3. The first-order chi connectivity index (χ1) is 13.0. The lowest BCUT2D eigenvalue weighted by atomic mass is 10.2. The number of amides is 3. The molecule has 1 heterocycles. The quantitative estimate of drug-likeness (QED) is 0.508. The molecule has 1 saturated heterocycles.